The van der Waals surface area contributed by atoms with Crippen LogP contribution in [0.2, 0.25) is 0 Å². The summed E-state index contributed by atoms with van der Waals surface area (Å²) in [6.45, 7) is 0. The maximum Gasteiger partial charge on any atom is 3.00 e. The standard InChI is InChI=1S/Al.H3N.2H2O4S.O2Si/c;;2*1-5(2,3)4;1-3-2/h;1H3;2*(H2,1,2,3,4);/q+3;;;;/p-3. The first-order valence-electron chi connectivity index (χ1n) is 1.76. The molecule has 0 spiro atoms. The Kier molecular flexibility index (Phi) is 27.5. The second kappa shape index (κ2) is 14.0. The molecule has 0 saturated heterocycles. The van der Waals surface area contributed by atoms with Gasteiger partial charge in [0.05, 0.1) is 0 Å². The summed E-state index contributed by atoms with van der Waals surface area (Å²) in [5.74, 6) is 0. The van der Waals surface area contributed by atoms with E-state index in [1.807, 2.05) is 0 Å². The Bertz CT molecular complexity index is 288. The Morgan fingerprint density at radius 3 is 0.933 bits per heavy atom. The van der Waals surface area contributed by atoms with Gasteiger partial charge in [-0.2, -0.15) is 0 Å². The number of rotatable bonds is 0. The van der Waals surface area contributed by atoms with Crippen LogP contribution in [0.1, 0.15) is 0 Å². The van der Waals surface area contributed by atoms with Crippen LogP contribution < -0.4 is 6.15 Å². The molecule has 0 fully saturated rings. The van der Waals surface area contributed by atoms with Crippen molar-refractivity contribution in [1.82, 2.24) is 6.15 Å². The molecule has 0 aromatic heterocycles. The van der Waals surface area contributed by atoms with E-state index >= 15 is 0 Å². The Balaban J connectivity index is -0.0000000322. The fourth-order valence-electron chi connectivity index (χ4n) is 0. The van der Waals surface area contributed by atoms with Gasteiger partial charge in [0, 0.05) is 10.4 Å². The molecule has 0 aromatic carbocycles. The Hall–Kier alpha value is 0.0494. The van der Waals surface area contributed by atoms with Crippen molar-refractivity contribution in [2.75, 3.05) is 0 Å². The van der Waals surface area contributed by atoms with E-state index in [9.17, 15) is 0 Å². The molecule has 0 aromatic rings. The molecule has 0 aliphatic heterocycles. The van der Waals surface area contributed by atoms with Crippen molar-refractivity contribution < 1.29 is 44.0 Å². The smallest absolute Gasteiger partial charge is 0.759 e. The minimum atomic E-state index is -5.17. The maximum atomic E-state index is 8.63. The third-order valence-electron chi connectivity index (χ3n) is 0. The van der Waals surface area contributed by atoms with Gasteiger partial charge in [-0.3, -0.25) is 21.9 Å². The van der Waals surface area contributed by atoms with Crippen LogP contribution in [-0.4, -0.2) is 61.7 Å². The van der Waals surface area contributed by atoms with Gasteiger partial charge in [0.15, 0.2) is 0 Å². The van der Waals surface area contributed by atoms with Gasteiger partial charge in [-0.15, -0.1) is 0 Å². The van der Waals surface area contributed by atoms with E-state index in [-0.39, 0.29) is 23.5 Å². The van der Waals surface area contributed by atoms with E-state index in [0.29, 0.717) is 0 Å². The fraction of sp³-hybridized carbons (Fsp3) is 0. The van der Waals surface area contributed by atoms with E-state index in [2.05, 4.69) is 0 Å². The van der Waals surface area contributed by atoms with Gasteiger partial charge in [0.25, 0.3) is 0 Å². The maximum absolute atomic E-state index is 8.63. The fourth-order valence-corrected chi connectivity index (χ4v) is 0. The van der Waals surface area contributed by atoms with E-state index in [1.54, 1.807) is 0 Å². The van der Waals surface area contributed by atoms with Gasteiger partial charge in [-0.1, -0.05) is 0 Å². The molecule has 0 rings (SSSR count). The zero-order valence-electron chi connectivity index (χ0n) is 6.72. The van der Waals surface area contributed by atoms with E-state index in [0.717, 1.165) is 0 Å². The molecule has 11 nitrogen and oxygen atoms in total. The predicted molar refractivity (Wildman–Crippen MR) is 40.7 cm³/mol. The van der Waals surface area contributed by atoms with Crippen LogP contribution >= 0.6 is 0 Å². The molecule has 4 N–H and O–H groups in total. The minimum absolute atomic E-state index is 0. The first kappa shape index (κ1) is 29.4. The van der Waals surface area contributed by atoms with Crippen LogP contribution in [0.4, 0.5) is 0 Å². The van der Waals surface area contributed by atoms with Crippen LogP contribution in [0.3, 0.4) is 0 Å². The Labute approximate surface area is 97.7 Å². The molecule has 15 heavy (non-hydrogen) atoms. The third-order valence-corrected chi connectivity index (χ3v) is 0. The molecule has 15 heteroatoms. The van der Waals surface area contributed by atoms with Crippen molar-refractivity contribution in [3.05, 3.63) is 0 Å². The van der Waals surface area contributed by atoms with Crippen LogP contribution in [0.5, 0.6) is 0 Å². The van der Waals surface area contributed by atoms with Gasteiger partial charge < -0.3 is 19.8 Å². The molecule has 0 aliphatic rings. The summed E-state index contributed by atoms with van der Waals surface area (Å²) in [5.41, 5.74) is 0. The van der Waals surface area contributed by atoms with E-state index in [4.69, 9.17) is 44.0 Å². The normalized spacial score (nSPS) is 8.27. The molecule has 0 radical (unpaired) electrons. The molecule has 0 saturated carbocycles. The molecule has 88 valence electrons. The van der Waals surface area contributed by atoms with Crippen LogP contribution in [-0.2, 0) is 29.7 Å². The summed E-state index contributed by atoms with van der Waals surface area (Å²) in [5, 5.41) is 0. The monoisotopic (exact) mass is 297 g/mol. The van der Waals surface area contributed by atoms with Gasteiger partial charge in [-0.05, 0) is 0 Å². The second-order valence-electron chi connectivity index (χ2n) is 0.919. The topological polar surface area (TPSA) is 227 Å². The molecular formula is H4AlNO10S2Si. The van der Waals surface area contributed by atoms with Crippen molar-refractivity contribution in [2.45, 2.75) is 0 Å². The van der Waals surface area contributed by atoms with Crippen LogP contribution in [0.25, 0.3) is 0 Å². The van der Waals surface area contributed by atoms with E-state index in [1.165, 1.54) is 0 Å². The summed E-state index contributed by atoms with van der Waals surface area (Å²) >= 11 is 0. The first-order chi connectivity index (χ1) is 5.41. The van der Waals surface area contributed by atoms with Crippen molar-refractivity contribution in [2.24, 2.45) is 0 Å². The first-order valence-corrected chi connectivity index (χ1v) is 5.27. The van der Waals surface area contributed by atoms with Gasteiger partial charge in [0.1, 0.15) is 0 Å². The van der Waals surface area contributed by atoms with Crippen LogP contribution in [0.15, 0.2) is 0 Å². The van der Waals surface area contributed by atoms with Gasteiger partial charge in [-0.25, -0.2) is 8.42 Å². The summed E-state index contributed by atoms with van der Waals surface area (Å²) in [7, 11) is -11.5. The van der Waals surface area contributed by atoms with Crippen molar-refractivity contribution in [3.63, 3.8) is 0 Å². The molecule has 0 aliphatic carbocycles. The zero-order valence-corrected chi connectivity index (χ0v) is 10.5. The number of hydrogen-bond donors (Lipinski definition) is 2. The van der Waals surface area contributed by atoms with E-state index < -0.39 is 30.1 Å². The average Bonchev–Trinajstić information content (AvgIpc) is 1.52. The summed E-state index contributed by atoms with van der Waals surface area (Å²) in [6, 6.07) is 0. The molecular weight excluding hydrogens is 293 g/mol. The summed E-state index contributed by atoms with van der Waals surface area (Å²) < 4.78 is 83.7. The number of hydrogen-bond acceptors (Lipinski definition) is 10. The third kappa shape index (κ3) is 838000. The second-order valence-corrected chi connectivity index (χ2v) is 2.76. The van der Waals surface area contributed by atoms with Crippen LogP contribution in [0, 0.1) is 0 Å². The molecule has 0 heterocycles. The molecule has 0 unspecified atom stereocenters. The largest absolute Gasteiger partial charge is 3.00 e. The Morgan fingerprint density at radius 2 is 0.933 bits per heavy atom. The predicted octanol–water partition coefficient (Wildman–Crippen LogP) is -3.17. The molecule has 0 atom stereocenters. The molecule has 0 amide bonds. The SMILES string of the molecule is N.O=S(=O)([O-])O.O=S(=O)([O-])[O-].O=[Si]=O.[Al+3]. The zero-order chi connectivity index (χ0) is 11.7. The van der Waals surface area contributed by atoms with Crippen molar-refractivity contribution >= 4 is 47.5 Å². The summed E-state index contributed by atoms with van der Waals surface area (Å²) in [4.78, 5) is 0. The minimum Gasteiger partial charge on any atom is -0.759 e. The summed E-state index contributed by atoms with van der Waals surface area (Å²) in [6.07, 6.45) is 0. The average molecular weight is 297 g/mol. The van der Waals surface area contributed by atoms with Gasteiger partial charge in [0.2, 0.25) is 10.4 Å². The Morgan fingerprint density at radius 1 is 0.933 bits per heavy atom. The molecule has 0 bridgehead atoms. The van der Waals surface area contributed by atoms with Crippen molar-refractivity contribution in [3.8, 4) is 0 Å². The quantitative estimate of drug-likeness (QED) is 0.257. The van der Waals surface area contributed by atoms with Gasteiger partial charge >= 0.3 is 26.7 Å². The van der Waals surface area contributed by atoms with Crippen molar-refractivity contribution in [1.29, 1.82) is 0 Å².